The summed E-state index contributed by atoms with van der Waals surface area (Å²) in [6.07, 6.45) is 5.14. The number of halogens is 1. The van der Waals surface area contributed by atoms with Gasteiger partial charge in [-0.1, -0.05) is 20.8 Å². The molecule has 1 aliphatic heterocycles. The highest BCUT2D eigenvalue weighted by molar-refractivity contribution is 14.0. The Hall–Kier alpha value is -0.0400. The maximum absolute atomic E-state index is 4.43. The molecule has 1 atom stereocenters. The number of piperidine rings is 1. The third-order valence-electron chi connectivity index (χ3n) is 4.25. The molecule has 0 aromatic heterocycles. The lowest BCUT2D eigenvalue weighted by atomic mass is 10.0. The van der Waals surface area contributed by atoms with Crippen molar-refractivity contribution in [1.82, 2.24) is 15.1 Å². The van der Waals surface area contributed by atoms with Gasteiger partial charge in [-0.2, -0.15) is 0 Å². The van der Waals surface area contributed by atoms with Crippen LogP contribution in [0.25, 0.3) is 0 Å². The molecule has 5 heteroatoms. The first-order chi connectivity index (χ1) is 9.71. The first-order valence-corrected chi connectivity index (χ1v) is 8.39. The van der Waals surface area contributed by atoms with Crippen LogP contribution in [0.3, 0.4) is 0 Å². The van der Waals surface area contributed by atoms with Crippen molar-refractivity contribution in [3.05, 3.63) is 0 Å². The van der Waals surface area contributed by atoms with Crippen LogP contribution in [0.2, 0.25) is 0 Å². The van der Waals surface area contributed by atoms with E-state index in [9.17, 15) is 0 Å². The Morgan fingerprint density at radius 3 is 2.57 bits per heavy atom. The largest absolute Gasteiger partial charge is 0.356 e. The third-order valence-corrected chi connectivity index (χ3v) is 4.25. The smallest absolute Gasteiger partial charge is 0.193 e. The molecule has 0 amide bonds. The van der Waals surface area contributed by atoms with Gasteiger partial charge in [0.25, 0.3) is 0 Å². The average Bonchev–Trinajstić information content (AvgIpc) is 2.47. The summed E-state index contributed by atoms with van der Waals surface area (Å²) >= 11 is 0. The van der Waals surface area contributed by atoms with Crippen molar-refractivity contribution in [1.29, 1.82) is 0 Å². The molecule has 4 nitrogen and oxygen atoms in total. The second-order valence-electron chi connectivity index (χ2n) is 5.90. The van der Waals surface area contributed by atoms with Crippen LogP contribution >= 0.6 is 24.0 Å². The molecule has 0 spiro atoms. The van der Waals surface area contributed by atoms with Crippen molar-refractivity contribution in [3.63, 3.8) is 0 Å². The van der Waals surface area contributed by atoms with Gasteiger partial charge in [-0.3, -0.25) is 4.99 Å². The first kappa shape index (κ1) is 21.0. The summed E-state index contributed by atoms with van der Waals surface area (Å²) in [4.78, 5) is 9.33. The van der Waals surface area contributed by atoms with E-state index < -0.39 is 0 Å². The van der Waals surface area contributed by atoms with Gasteiger partial charge in [0.15, 0.2) is 5.96 Å². The molecule has 1 unspecified atom stereocenters. The van der Waals surface area contributed by atoms with Gasteiger partial charge >= 0.3 is 0 Å². The standard InChI is InChI=1S/C16H34N4.HI/c1-5-19(6-2)12-8-7-11-18-16(17-4)20-13-9-10-15(3)14-20;/h15H,5-14H2,1-4H3,(H,17,18);1H. The Morgan fingerprint density at radius 1 is 1.29 bits per heavy atom. The van der Waals surface area contributed by atoms with E-state index in [1.54, 1.807) is 0 Å². The molecule has 0 aliphatic carbocycles. The van der Waals surface area contributed by atoms with Gasteiger partial charge in [0.2, 0.25) is 0 Å². The van der Waals surface area contributed by atoms with Gasteiger partial charge in [-0.15, -0.1) is 24.0 Å². The summed E-state index contributed by atoms with van der Waals surface area (Å²) in [5.41, 5.74) is 0. The summed E-state index contributed by atoms with van der Waals surface area (Å²) in [6, 6.07) is 0. The summed E-state index contributed by atoms with van der Waals surface area (Å²) < 4.78 is 0. The monoisotopic (exact) mass is 410 g/mol. The van der Waals surface area contributed by atoms with Crippen LogP contribution in [0.15, 0.2) is 4.99 Å². The van der Waals surface area contributed by atoms with Crippen molar-refractivity contribution in [3.8, 4) is 0 Å². The van der Waals surface area contributed by atoms with E-state index in [0.29, 0.717) is 0 Å². The fourth-order valence-corrected chi connectivity index (χ4v) is 2.91. The number of hydrogen-bond acceptors (Lipinski definition) is 2. The minimum atomic E-state index is 0. The first-order valence-electron chi connectivity index (χ1n) is 8.39. The predicted molar refractivity (Wildman–Crippen MR) is 104 cm³/mol. The molecule has 0 radical (unpaired) electrons. The number of rotatable bonds is 7. The fraction of sp³-hybridized carbons (Fsp3) is 0.938. The normalized spacial score (nSPS) is 19.6. The molecule has 0 aromatic carbocycles. The van der Waals surface area contributed by atoms with Gasteiger partial charge in [-0.25, -0.2) is 0 Å². The Labute approximate surface area is 148 Å². The molecule has 1 aliphatic rings. The summed E-state index contributed by atoms with van der Waals surface area (Å²) in [5.74, 6) is 1.89. The Morgan fingerprint density at radius 2 is 2.00 bits per heavy atom. The number of aliphatic imine (C=N–C) groups is 1. The number of unbranched alkanes of at least 4 members (excludes halogenated alkanes) is 1. The molecular weight excluding hydrogens is 375 g/mol. The molecule has 1 rings (SSSR count). The van der Waals surface area contributed by atoms with Gasteiger partial charge in [0, 0.05) is 26.7 Å². The van der Waals surface area contributed by atoms with Crippen LogP contribution in [0.4, 0.5) is 0 Å². The highest BCUT2D eigenvalue weighted by Gasteiger charge is 2.18. The molecule has 21 heavy (non-hydrogen) atoms. The van der Waals surface area contributed by atoms with Gasteiger partial charge in [0.1, 0.15) is 0 Å². The van der Waals surface area contributed by atoms with Crippen molar-refractivity contribution in [2.75, 3.05) is 46.3 Å². The lowest BCUT2D eigenvalue weighted by Crippen LogP contribution is -2.46. The molecule has 0 bridgehead atoms. The fourth-order valence-electron chi connectivity index (χ4n) is 2.91. The maximum Gasteiger partial charge on any atom is 0.193 e. The molecule has 1 heterocycles. The van der Waals surface area contributed by atoms with E-state index in [2.05, 4.69) is 40.9 Å². The molecule has 1 N–H and O–H groups in total. The van der Waals surface area contributed by atoms with Gasteiger partial charge in [-0.05, 0) is 51.2 Å². The van der Waals surface area contributed by atoms with E-state index >= 15 is 0 Å². The molecule has 1 saturated heterocycles. The van der Waals surface area contributed by atoms with E-state index in [0.717, 1.165) is 44.6 Å². The van der Waals surface area contributed by atoms with Crippen LogP contribution in [0.5, 0.6) is 0 Å². The van der Waals surface area contributed by atoms with E-state index in [4.69, 9.17) is 0 Å². The van der Waals surface area contributed by atoms with E-state index in [1.165, 1.54) is 32.2 Å². The van der Waals surface area contributed by atoms with E-state index in [-0.39, 0.29) is 24.0 Å². The molecule has 0 aromatic rings. The van der Waals surface area contributed by atoms with Gasteiger partial charge in [0.05, 0.1) is 0 Å². The third kappa shape index (κ3) is 8.24. The van der Waals surface area contributed by atoms with Crippen molar-refractivity contribution < 1.29 is 0 Å². The highest BCUT2D eigenvalue weighted by atomic mass is 127. The quantitative estimate of drug-likeness (QED) is 0.303. The molecule has 0 saturated carbocycles. The zero-order valence-corrected chi connectivity index (χ0v) is 16.7. The topological polar surface area (TPSA) is 30.9 Å². The number of guanidine groups is 1. The number of nitrogens with one attached hydrogen (secondary N) is 1. The SMILES string of the molecule is CCN(CC)CCCCNC(=NC)N1CCCC(C)C1.I. The number of hydrogen-bond donors (Lipinski definition) is 1. The van der Waals surface area contributed by atoms with Crippen LogP contribution in [-0.4, -0.2) is 62.1 Å². The maximum atomic E-state index is 4.43. The highest BCUT2D eigenvalue weighted by Crippen LogP contribution is 2.15. The minimum Gasteiger partial charge on any atom is -0.356 e. The molecule has 1 fully saturated rings. The van der Waals surface area contributed by atoms with Crippen LogP contribution < -0.4 is 5.32 Å². The Kier molecular flexibility index (Phi) is 12.5. The molecular formula is C16H35IN4. The number of nitrogens with zero attached hydrogens (tertiary/aromatic N) is 3. The van der Waals surface area contributed by atoms with Crippen LogP contribution in [0.1, 0.15) is 46.5 Å². The lowest BCUT2D eigenvalue weighted by molar-refractivity contribution is 0.265. The Balaban J connectivity index is 0.00000400. The second kappa shape index (κ2) is 12.5. The average molecular weight is 410 g/mol. The van der Waals surface area contributed by atoms with Gasteiger partial charge < -0.3 is 15.1 Å². The predicted octanol–water partition coefficient (Wildman–Crippen LogP) is 3.03. The van der Waals surface area contributed by atoms with E-state index in [1.807, 2.05) is 7.05 Å². The lowest BCUT2D eigenvalue weighted by Gasteiger charge is -2.33. The van der Waals surface area contributed by atoms with Crippen LogP contribution in [-0.2, 0) is 0 Å². The van der Waals surface area contributed by atoms with Crippen molar-refractivity contribution >= 4 is 29.9 Å². The van der Waals surface area contributed by atoms with Crippen molar-refractivity contribution in [2.45, 2.75) is 46.5 Å². The minimum absolute atomic E-state index is 0. The number of likely N-dealkylation sites (tertiary alicyclic amines) is 1. The van der Waals surface area contributed by atoms with Crippen molar-refractivity contribution in [2.24, 2.45) is 10.9 Å². The summed E-state index contributed by atoms with van der Waals surface area (Å²) in [5, 5.41) is 3.53. The zero-order valence-electron chi connectivity index (χ0n) is 14.4. The van der Waals surface area contributed by atoms with Crippen LogP contribution in [0, 0.1) is 5.92 Å². The second-order valence-corrected chi connectivity index (χ2v) is 5.90. The summed E-state index contributed by atoms with van der Waals surface area (Å²) in [7, 11) is 1.90. The summed E-state index contributed by atoms with van der Waals surface area (Å²) in [6.45, 7) is 13.7. The molecule has 126 valence electrons. The Bertz CT molecular complexity index is 279. The zero-order chi connectivity index (χ0) is 14.8.